The van der Waals surface area contributed by atoms with Gasteiger partial charge in [-0.3, -0.25) is 19.8 Å². The summed E-state index contributed by atoms with van der Waals surface area (Å²) >= 11 is 0. The Morgan fingerprint density at radius 2 is 1.79 bits per heavy atom. The minimum absolute atomic E-state index is 0.0346. The van der Waals surface area contributed by atoms with Gasteiger partial charge in [0.1, 0.15) is 11.8 Å². The third kappa shape index (κ3) is 5.68. The van der Waals surface area contributed by atoms with E-state index in [1.54, 1.807) is 42.5 Å². The molecule has 0 saturated carbocycles. The highest BCUT2D eigenvalue weighted by Gasteiger charge is 2.38. The van der Waals surface area contributed by atoms with E-state index in [4.69, 9.17) is 4.74 Å². The molecule has 0 radical (unpaired) electrons. The van der Waals surface area contributed by atoms with E-state index in [1.165, 1.54) is 31.1 Å². The largest absolute Gasteiger partial charge is 0.508 e. The minimum Gasteiger partial charge on any atom is -0.508 e. The van der Waals surface area contributed by atoms with Gasteiger partial charge in [-0.15, -0.1) is 0 Å². The zero-order valence-electron chi connectivity index (χ0n) is 18.6. The second-order valence-electron chi connectivity index (χ2n) is 7.80. The molecule has 3 amide bonds. The van der Waals surface area contributed by atoms with Crippen LogP contribution in [0.1, 0.15) is 35.7 Å². The number of aromatic hydroxyl groups is 1. The number of likely N-dealkylation sites (tertiary alicyclic amines) is 1. The van der Waals surface area contributed by atoms with Gasteiger partial charge in [0.05, 0.1) is 7.11 Å². The zero-order chi connectivity index (χ0) is 24.0. The van der Waals surface area contributed by atoms with Crippen molar-refractivity contribution in [3.05, 3.63) is 65.7 Å². The lowest BCUT2D eigenvalue weighted by Gasteiger charge is -2.32. The zero-order valence-corrected chi connectivity index (χ0v) is 18.6. The lowest BCUT2D eigenvalue weighted by atomic mass is 10.0. The van der Waals surface area contributed by atoms with Crippen LogP contribution in [-0.4, -0.2) is 64.4 Å². The maximum Gasteiger partial charge on any atom is 0.331 e. The molecule has 1 fully saturated rings. The Kier molecular flexibility index (Phi) is 7.66. The summed E-state index contributed by atoms with van der Waals surface area (Å²) in [6.45, 7) is 1.84. The lowest BCUT2D eigenvalue weighted by Crippen LogP contribution is -2.59. The molecule has 0 unspecified atom stereocenters. The number of hydrogen-bond acceptors (Lipinski definition) is 6. The highest BCUT2D eigenvalue weighted by Crippen LogP contribution is 2.20. The molecular weight excluding hydrogens is 426 g/mol. The summed E-state index contributed by atoms with van der Waals surface area (Å²) in [6.07, 6.45) is 1.16. The molecule has 3 rings (SSSR count). The van der Waals surface area contributed by atoms with E-state index in [2.05, 4.69) is 5.43 Å². The van der Waals surface area contributed by atoms with Crippen LogP contribution in [0, 0.1) is 0 Å². The van der Waals surface area contributed by atoms with Gasteiger partial charge in [-0.05, 0) is 42.7 Å². The van der Waals surface area contributed by atoms with Crippen LogP contribution in [0.15, 0.2) is 54.6 Å². The third-order valence-electron chi connectivity index (χ3n) is 5.58. The number of carbonyl (C=O) groups excluding carboxylic acids is 4. The van der Waals surface area contributed by atoms with Gasteiger partial charge < -0.3 is 14.7 Å². The molecule has 33 heavy (non-hydrogen) atoms. The number of phenolic OH excluding ortho intramolecular Hbond substituents is 1. The number of nitrogens with zero attached hydrogens (tertiary/aromatic N) is 2. The van der Waals surface area contributed by atoms with Crippen LogP contribution < -0.4 is 5.43 Å². The monoisotopic (exact) mass is 453 g/mol. The topological polar surface area (TPSA) is 116 Å². The number of carbonyl (C=O) groups is 4. The average molecular weight is 453 g/mol. The third-order valence-corrected chi connectivity index (χ3v) is 5.58. The molecule has 174 valence electrons. The summed E-state index contributed by atoms with van der Waals surface area (Å²) in [5, 5.41) is 10.5. The van der Waals surface area contributed by atoms with Crippen LogP contribution in [0.25, 0.3) is 0 Å². The van der Waals surface area contributed by atoms with E-state index in [9.17, 15) is 24.3 Å². The standard InChI is InChI=1S/C24H27N3O6/c1-16(28)26-14-6-9-20(26)22(30)25-27(23(31)18-7-4-3-5-8-18)21(24(32)33-2)15-17-10-12-19(29)13-11-17/h3-5,7-8,10-13,20-21,29H,6,9,14-15H2,1-2H3,(H,25,30)/t20-,21-/m0/s1. The number of rotatable bonds is 6. The molecule has 2 N–H and O–H groups in total. The van der Waals surface area contributed by atoms with Crippen LogP contribution >= 0.6 is 0 Å². The van der Waals surface area contributed by atoms with E-state index in [-0.39, 0.29) is 23.6 Å². The summed E-state index contributed by atoms with van der Waals surface area (Å²) in [7, 11) is 1.20. The van der Waals surface area contributed by atoms with Gasteiger partial charge in [-0.25, -0.2) is 9.80 Å². The summed E-state index contributed by atoms with van der Waals surface area (Å²) in [5.41, 5.74) is 3.51. The lowest BCUT2D eigenvalue weighted by molar-refractivity contribution is -0.149. The second-order valence-corrected chi connectivity index (χ2v) is 7.80. The fourth-order valence-corrected chi connectivity index (χ4v) is 3.87. The van der Waals surface area contributed by atoms with Crippen molar-refractivity contribution < 1.29 is 29.0 Å². The van der Waals surface area contributed by atoms with E-state index in [0.29, 0.717) is 24.9 Å². The molecule has 2 aromatic rings. The average Bonchev–Trinajstić information content (AvgIpc) is 3.33. The first-order valence-corrected chi connectivity index (χ1v) is 10.6. The van der Waals surface area contributed by atoms with Crippen LogP contribution in [-0.2, 0) is 25.5 Å². The summed E-state index contributed by atoms with van der Waals surface area (Å²) in [4.78, 5) is 52.7. The van der Waals surface area contributed by atoms with Gasteiger partial charge in [0.15, 0.2) is 6.04 Å². The number of phenols is 1. The van der Waals surface area contributed by atoms with Gasteiger partial charge in [0.25, 0.3) is 11.8 Å². The normalized spacial score (nSPS) is 16.1. The molecule has 2 aromatic carbocycles. The number of amides is 3. The Morgan fingerprint density at radius 1 is 1.12 bits per heavy atom. The molecule has 9 heteroatoms. The summed E-state index contributed by atoms with van der Waals surface area (Å²) in [5.74, 6) is -2.04. The van der Waals surface area contributed by atoms with Crippen molar-refractivity contribution in [3.63, 3.8) is 0 Å². The number of hydrazine groups is 1. The van der Waals surface area contributed by atoms with Crippen molar-refractivity contribution in [1.82, 2.24) is 15.3 Å². The fraction of sp³-hybridized carbons (Fsp3) is 0.333. The van der Waals surface area contributed by atoms with E-state index >= 15 is 0 Å². The maximum atomic E-state index is 13.4. The molecular formula is C24H27N3O6. The van der Waals surface area contributed by atoms with Gasteiger partial charge in [-0.1, -0.05) is 30.3 Å². The first kappa shape index (κ1) is 23.8. The quantitative estimate of drug-likeness (QED) is 0.508. The number of hydrogen-bond donors (Lipinski definition) is 2. The highest BCUT2D eigenvalue weighted by molar-refractivity contribution is 5.98. The van der Waals surface area contributed by atoms with Crippen molar-refractivity contribution in [2.75, 3.05) is 13.7 Å². The number of nitrogens with one attached hydrogen (secondary N) is 1. The van der Waals surface area contributed by atoms with E-state index in [0.717, 1.165) is 5.01 Å². The van der Waals surface area contributed by atoms with Crippen LogP contribution in [0.4, 0.5) is 0 Å². The summed E-state index contributed by atoms with van der Waals surface area (Å²) in [6, 6.07) is 12.5. The number of benzene rings is 2. The molecule has 1 aliphatic rings. The number of ether oxygens (including phenoxy) is 1. The Morgan fingerprint density at radius 3 is 2.39 bits per heavy atom. The molecule has 0 spiro atoms. The van der Waals surface area contributed by atoms with Crippen LogP contribution in [0.2, 0.25) is 0 Å². The first-order valence-electron chi connectivity index (χ1n) is 10.6. The summed E-state index contributed by atoms with van der Waals surface area (Å²) < 4.78 is 4.94. The van der Waals surface area contributed by atoms with Crippen LogP contribution in [0.3, 0.4) is 0 Å². The number of methoxy groups -OCH3 is 1. The molecule has 0 aliphatic carbocycles. The maximum absolute atomic E-state index is 13.4. The number of esters is 1. The fourth-order valence-electron chi connectivity index (χ4n) is 3.87. The molecule has 9 nitrogen and oxygen atoms in total. The Bertz CT molecular complexity index is 1010. The van der Waals surface area contributed by atoms with E-state index < -0.39 is 29.9 Å². The van der Waals surface area contributed by atoms with Gasteiger partial charge in [-0.2, -0.15) is 0 Å². The van der Waals surface area contributed by atoms with Crippen molar-refractivity contribution in [2.45, 2.75) is 38.3 Å². The van der Waals surface area contributed by atoms with E-state index in [1.807, 2.05) is 0 Å². The first-order chi connectivity index (χ1) is 15.8. The SMILES string of the molecule is COC(=O)[C@H](Cc1ccc(O)cc1)N(NC(=O)[C@@H]1CCCN1C(C)=O)C(=O)c1ccccc1. The predicted octanol–water partition coefficient (Wildman–Crippen LogP) is 1.66. The molecule has 0 bridgehead atoms. The van der Waals surface area contributed by atoms with Crippen molar-refractivity contribution in [1.29, 1.82) is 0 Å². The molecule has 1 saturated heterocycles. The van der Waals surface area contributed by atoms with Crippen molar-refractivity contribution in [2.24, 2.45) is 0 Å². The Labute approximate surface area is 191 Å². The van der Waals surface area contributed by atoms with Gasteiger partial charge in [0, 0.05) is 25.5 Å². The highest BCUT2D eigenvalue weighted by atomic mass is 16.5. The van der Waals surface area contributed by atoms with Crippen LogP contribution in [0.5, 0.6) is 5.75 Å². The predicted molar refractivity (Wildman–Crippen MR) is 119 cm³/mol. The van der Waals surface area contributed by atoms with Crippen molar-refractivity contribution >= 4 is 23.7 Å². The molecule has 1 heterocycles. The van der Waals surface area contributed by atoms with Gasteiger partial charge in [0.2, 0.25) is 5.91 Å². The minimum atomic E-state index is -1.18. The van der Waals surface area contributed by atoms with Gasteiger partial charge >= 0.3 is 5.97 Å². The Balaban J connectivity index is 1.95. The molecule has 0 aromatic heterocycles. The Hall–Kier alpha value is -3.88. The van der Waals surface area contributed by atoms with Crippen molar-refractivity contribution in [3.8, 4) is 5.75 Å². The smallest absolute Gasteiger partial charge is 0.331 e. The molecule has 1 aliphatic heterocycles. The molecule has 2 atom stereocenters. The second kappa shape index (κ2) is 10.6.